The van der Waals surface area contributed by atoms with E-state index < -0.39 is 0 Å². The minimum atomic E-state index is 0.761. The number of nitrogens with zero attached hydrogens (tertiary/aromatic N) is 1. The smallest absolute Gasteiger partial charge is 0.144 e. The normalized spacial score (nSPS) is 11.3. The molecule has 0 spiro atoms. The molecule has 1 aromatic carbocycles. The number of hydrogen-bond acceptors (Lipinski definition) is 1. The second kappa shape index (κ2) is 3.15. The van der Waals surface area contributed by atoms with Gasteiger partial charge in [-0.05, 0) is 12.1 Å². The fourth-order valence-electron chi connectivity index (χ4n) is 0.948. The zero-order chi connectivity index (χ0) is 9.19. The van der Waals surface area contributed by atoms with E-state index in [0.717, 1.165) is 15.9 Å². The first kappa shape index (κ1) is 9.07. The molecule has 1 radical (unpaired) electrons. The van der Waals surface area contributed by atoms with Crippen LogP contribution >= 0.6 is 0 Å². The zero-order valence-electron chi connectivity index (χ0n) is 8.09. The molecule has 0 N–H and O–H groups in total. The summed E-state index contributed by atoms with van der Waals surface area (Å²) in [5.74, 6) is 0.886. The van der Waals surface area contributed by atoms with Crippen molar-refractivity contribution in [2.75, 3.05) is 28.3 Å². The lowest BCUT2D eigenvalue weighted by Crippen LogP contribution is -2.34. The standard InChI is InChI=1S/C10H15NO/c1-11(2,3)9-6-5-7-10(8-9)12-4/h5,7-8H,1-4H3/q+1. The van der Waals surface area contributed by atoms with Crippen molar-refractivity contribution in [2.24, 2.45) is 0 Å². The monoisotopic (exact) mass is 165 g/mol. The van der Waals surface area contributed by atoms with E-state index in [1.54, 1.807) is 7.11 Å². The largest absolute Gasteiger partial charge is 0.497 e. The van der Waals surface area contributed by atoms with E-state index in [9.17, 15) is 0 Å². The molecule has 0 aliphatic heterocycles. The van der Waals surface area contributed by atoms with Crippen LogP contribution in [0.1, 0.15) is 0 Å². The van der Waals surface area contributed by atoms with Crippen LogP contribution < -0.4 is 9.22 Å². The fraction of sp³-hybridized carbons (Fsp3) is 0.400. The van der Waals surface area contributed by atoms with Gasteiger partial charge in [0, 0.05) is 12.1 Å². The summed E-state index contributed by atoms with van der Waals surface area (Å²) in [5.41, 5.74) is 1.12. The number of rotatable bonds is 2. The Kier molecular flexibility index (Phi) is 2.38. The van der Waals surface area contributed by atoms with E-state index in [0.29, 0.717) is 0 Å². The first-order valence-electron chi connectivity index (χ1n) is 3.92. The Balaban J connectivity index is 3.02. The number of benzene rings is 1. The van der Waals surface area contributed by atoms with Gasteiger partial charge in [-0.2, -0.15) is 0 Å². The average molecular weight is 165 g/mol. The van der Waals surface area contributed by atoms with Crippen LogP contribution in [0.5, 0.6) is 5.75 Å². The van der Waals surface area contributed by atoms with E-state index in [1.165, 1.54) is 0 Å². The van der Waals surface area contributed by atoms with Gasteiger partial charge in [0.1, 0.15) is 11.4 Å². The lowest BCUT2D eigenvalue weighted by atomic mass is 10.2. The van der Waals surface area contributed by atoms with Crippen LogP contribution in [-0.2, 0) is 0 Å². The van der Waals surface area contributed by atoms with Crippen LogP contribution in [0.2, 0.25) is 0 Å². The van der Waals surface area contributed by atoms with E-state index >= 15 is 0 Å². The Labute approximate surface area is 74.0 Å². The average Bonchev–Trinajstić information content (AvgIpc) is 2.03. The summed E-state index contributed by atoms with van der Waals surface area (Å²) in [5, 5.41) is 0. The van der Waals surface area contributed by atoms with Gasteiger partial charge in [-0.1, -0.05) is 0 Å². The Morgan fingerprint density at radius 2 is 2.00 bits per heavy atom. The van der Waals surface area contributed by atoms with Crippen molar-refractivity contribution < 1.29 is 4.74 Å². The molecule has 1 aromatic rings. The molecule has 0 unspecified atom stereocenters. The summed E-state index contributed by atoms with van der Waals surface area (Å²) >= 11 is 0. The Morgan fingerprint density at radius 3 is 2.50 bits per heavy atom. The fourth-order valence-corrected chi connectivity index (χ4v) is 0.948. The van der Waals surface area contributed by atoms with Crippen LogP contribution in [0.25, 0.3) is 0 Å². The summed E-state index contributed by atoms with van der Waals surface area (Å²) in [7, 11) is 7.98. The van der Waals surface area contributed by atoms with Crippen LogP contribution in [0.3, 0.4) is 0 Å². The predicted octanol–water partition coefficient (Wildman–Crippen LogP) is 1.69. The van der Waals surface area contributed by atoms with Gasteiger partial charge in [0.15, 0.2) is 0 Å². The molecule has 0 aliphatic rings. The molecule has 0 saturated carbocycles. The van der Waals surface area contributed by atoms with Crippen molar-refractivity contribution >= 4 is 5.69 Å². The van der Waals surface area contributed by atoms with Gasteiger partial charge in [-0.25, -0.2) is 0 Å². The van der Waals surface area contributed by atoms with E-state index in [4.69, 9.17) is 4.74 Å². The Bertz CT molecular complexity index is 263. The molecule has 2 heteroatoms. The molecule has 0 bridgehead atoms. The van der Waals surface area contributed by atoms with Gasteiger partial charge >= 0.3 is 0 Å². The lowest BCUT2D eigenvalue weighted by molar-refractivity contribution is 0.411. The Morgan fingerprint density at radius 1 is 1.33 bits per heavy atom. The van der Waals surface area contributed by atoms with E-state index in [-0.39, 0.29) is 0 Å². The van der Waals surface area contributed by atoms with Crippen molar-refractivity contribution in [1.82, 2.24) is 4.48 Å². The minimum Gasteiger partial charge on any atom is -0.497 e. The summed E-state index contributed by atoms with van der Waals surface area (Å²) in [6.45, 7) is 0. The molecular formula is C10H15NO+. The van der Waals surface area contributed by atoms with Crippen molar-refractivity contribution in [1.29, 1.82) is 0 Å². The molecule has 65 valence electrons. The topological polar surface area (TPSA) is 9.23 Å². The third kappa shape index (κ3) is 1.98. The molecule has 0 aromatic heterocycles. The first-order valence-corrected chi connectivity index (χ1v) is 3.92. The number of methoxy groups -OCH3 is 1. The van der Waals surface area contributed by atoms with Crippen LogP contribution in [0, 0.1) is 6.07 Å². The second-order valence-electron chi connectivity index (χ2n) is 3.63. The van der Waals surface area contributed by atoms with Gasteiger partial charge in [0.2, 0.25) is 0 Å². The third-order valence-electron chi connectivity index (χ3n) is 1.72. The highest BCUT2D eigenvalue weighted by Crippen LogP contribution is 2.21. The van der Waals surface area contributed by atoms with Crippen molar-refractivity contribution in [3.8, 4) is 5.75 Å². The zero-order valence-corrected chi connectivity index (χ0v) is 8.09. The molecule has 0 atom stereocenters. The summed E-state index contributed by atoms with van der Waals surface area (Å²) in [4.78, 5) is 0. The molecule has 12 heavy (non-hydrogen) atoms. The van der Waals surface area contributed by atoms with Crippen molar-refractivity contribution in [3.63, 3.8) is 0 Å². The van der Waals surface area contributed by atoms with E-state index in [2.05, 4.69) is 27.2 Å². The molecular weight excluding hydrogens is 150 g/mol. The number of ether oxygens (including phenoxy) is 1. The quantitative estimate of drug-likeness (QED) is 0.606. The van der Waals surface area contributed by atoms with Gasteiger partial charge in [-0.15, -0.1) is 0 Å². The number of quaternary nitrogens is 1. The van der Waals surface area contributed by atoms with Gasteiger partial charge in [0.25, 0.3) is 0 Å². The van der Waals surface area contributed by atoms with Gasteiger partial charge in [-0.3, -0.25) is 4.48 Å². The molecule has 2 nitrogen and oxygen atoms in total. The molecule has 0 amide bonds. The maximum atomic E-state index is 5.12. The summed E-state index contributed by atoms with van der Waals surface area (Å²) in [6, 6.07) is 8.96. The molecule has 0 fully saturated rings. The minimum absolute atomic E-state index is 0.761. The molecule has 1 rings (SSSR count). The highest BCUT2D eigenvalue weighted by Gasteiger charge is 2.12. The molecule has 0 saturated heterocycles. The van der Waals surface area contributed by atoms with Crippen LogP contribution in [0.15, 0.2) is 18.2 Å². The summed E-state index contributed by atoms with van der Waals surface area (Å²) in [6.07, 6.45) is 0. The summed E-state index contributed by atoms with van der Waals surface area (Å²) < 4.78 is 5.88. The van der Waals surface area contributed by atoms with Gasteiger partial charge in [0.05, 0.1) is 28.3 Å². The van der Waals surface area contributed by atoms with Crippen LogP contribution in [0.4, 0.5) is 5.69 Å². The maximum absolute atomic E-state index is 5.12. The predicted molar refractivity (Wildman–Crippen MR) is 51.4 cm³/mol. The second-order valence-corrected chi connectivity index (χ2v) is 3.63. The first-order chi connectivity index (χ1) is 5.54. The highest BCUT2D eigenvalue weighted by atomic mass is 16.5. The van der Waals surface area contributed by atoms with Crippen molar-refractivity contribution in [2.45, 2.75) is 0 Å². The van der Waals surface area contributed by atoms with Gasteiger partial charge < -0.3 is 4.74 Å². The van der Waals surface area contributed by atoms with E-state index in [1.807, 2.05) is 18.2 Å². The third-order valence-corrected chi connectivity index (χ3v) is 1.72. The highest BCUT2D eigenvalue weighted by molar-refractivity contribution is 5.45. The SMILES string of the molecule is COc1cc[c]c([N+](C)(C)C)c1. The molecule has 0 heterocycles. The maximum Gasteiger partial charge on any atom is 0.144 e. The van der Waals surface area contributed by atoms with Crippen LogP contribution in [-0.4, -0.2) is 28.3 Å². The Hall–Kier alpha value is -1.02. The molecule has 0 aliphatic carbocycles. The van der Waals surface area contributed by atoms with Crippen molar-refractivity contribution in [3.05, 3.63) is 24.3 Å². The number of hydrogen-bond donors (Lipinski definition) is 0. The lowest BCUT2D eigenvalue weighted by Gasteiger charge is -2.23.